The van der Waals surface area contributed by atoms with Gasteiger partial charge in [0.05, 0.1) is 24.2 Å². The molecule has 0 aliphatic heterocycles. The minimum absolute atomic E-state index is 0.0106. The van der Waals surface area contributed by atoms with Crippen molar-refractivity contribution in [2.75, 3.05) is 19.8 Å². The van der Waals surface area contributed by atoms with E-state index >= 15 is 0 Å². The van der Waals surface area contributed by atoms with E-state index in [4.69, 9.17) is 14.2 Å². The molecule has 0 spiro atoms. The summed E-state index contributed by atoms with van der Waals surface area (Å²) in [5.74, 6) is -2.01. The maximum atomic E-state index is 14.5. The Kier molecular flexibility index (Phi) is 12.3. The third-order valence-corrected chi connectivity index (χ3v) is 7.58. The highest BCUT2D eigenvalue weighted by Crippen LogP contribution is 2.63. The lowest BCUT2D eigenvalue weighted by Gasteiger charge is -2.22. The van der Waals surface area contributed by atoms with Crippen LogP contribution in [-0.2, 0) is 10.2 Å². The van der Waals surface area contributed by atoms with Crippen LogP contribution in [0.4, 0.5) is 17.6 Å². The van der Waals surface area contributed by atoms with Crippen LogP contribution in [0.1, 0.15) is 100 Å². The van der Waals surface area contributed by atoms with Crippen LogP contribution in [0.15, 0.2) is 42.5 Å². The fourth-order valence-electron chi connectivity index (χ4n) is 5.05. The second kappa shape index (κ2) is 15.4. The van der Waals surface area contributed by atoms with E-state index in [1.54, 1.807) is 0 Å². The zero-order valence-corrected chi connectivity index (χ0v) is 23.7. The molecule has 0 radical (unpaired) electrons. The zero-order valence-electron chi connectivity index (χ0n) is 23.7. The number of halogens is 4. The van der Waals surface area contributed by atoms with E-state index < -0.39 is 29.3 Å². The SMILES string of the molecule is CCCCCCCCOc1ccc(OC(=O)c2ccc(C3(C(F)(F)F)CC3COCCCCCC)cc2)cc1F. The molecule has 1 aliphatic rings. The Balaban J connectivity index is 1.52. The number of esters is 1. The first-order valence-corrected chi connectivity index (χ1v) is 14.6. The van der Waals surface area contributed by atoms with Crippen molar-refractivity contribution in [1.82, 2.24) is 0 Å². The second-order valence-corrected chi connectivity index (χ2v) is 10.7. The summed E-state index contributed by atoms with van der Waals surface area (Å²) in [7, 11) is 0. The lowest BCUT2D eigenvalue weighted by Crippen LogP contribution is -2.32. The van der Waals surface area contributed by atoms with E-state index in [0.717, 1.165) is 51.0 Å². The fraction of sp³-hybridized carbons (Fsp3) is 0.594. The van der Waals surface area contributed by atoms with E-state index in [2.05, 4.69) is 13.8 Å². The molecule has 1 fully saturated rings. The lowest BCUT2D eigenvalue weighted by atomic mass is 9.91. The monoisotopic (exact) mass is 566 g/mol. The predicted molar refractivity (Wildman–Crippen MR) is 147 cm³/mol. The number of carbonyl (C=O) groups is 1. The molecule has 2 unspecified atom stereocenters. The molecule has 40 heavy (non-hydrogen) atoms. The van der Waals surface area contributed by atoms with Crippen molar-refractivity contribution in [3.8, 4) is 11.5 Å². The van der Waals surface area contributed by atoms with Crippen molar-refractivity contribution in [3.05, 3.63) is 59.4 Å². The van der Waals surface area contributed by atoms with Crippen LogP contribution in [0.3, 0.4) is 0 Å². The third-order valence-electron chi connectivity index (χ3n) is 7.58. The summed E-state index contributed by atoms with van der Waals surface area (Å²) in [5.41, 5.74) is -1.78. The van der Waals surface area contributed by atoms with Crippen molar-refractivity contribution >= 4 is 5.97 Å². The molecule has 2 aromatic rings. The van der Waals surface area contributed by atoms with Gasteiger partial charge in [-0.3, -0.25) is 0 Å². The van der Waals surface area contributed by atoms with Crippen LogP contribution in [0, 0.1) is 11.7 Å². The van der Waals surface area contributed by atoms with E-state index in [1.165, 1.54) is 55.7 Å². The van der Waals surface area contributed by atoms with E-state index in [-0.39, 0.29) is 35.7 Å². The minimum Gasteiger partial charge on any atom is -0.491 e. The lowest BCUT2D eigenvalue weighted by molar-refractivity contribution is -0.166. The molecule has 3 rings (SSSR count). The number of alkyl halides is 3. The van der Waals surface area contributed by atoms with Gasteiger partial charge in [0, 0.05) is 18.6 Å². The summed E-state index contributed by atoms with van der Waals surface area (Å²) >= 11 is 0. The zero-order chi connectivity index (χ0) is 29.0. The van der Waals surface area contributed by atoms with Crippen LogP contribution in [0.5, 0.6) is 11.5 Å². The maximum absolute atomic E-state index is 14.5. The van der Waals surface area contributed by atoms with Gasteiger partial charge in [-0.1, -0.05) is 77.3 Å². The van der Waals surface area contributed by atoms with Gasteiger partial charge in [-0.25, -0.2) is 9.18 Å². The number of hydrogen-bond acceptors (Lipinski definition) is 4. The Morgan fingerprint density at radius 3 is 2.15 bits per heavy atom. The first-order chi connectivity index (χ1) is 19.2. The van der Waals surface area contributed by atoms with Gasteiger partial charge in [0.25, 0.3) is 0 Å². The molecular weight excluding hydrogens is 524 g/mol. The quantitative estimate of drug-likeness (QED) is 0.0781. The van der Waals surface area contributed by atoms with Gasteiger partial charge in [-0.05, 0) is 49.1 Å². The van der Waals surface area contributed by atoms with Gasteiger partial charge >= 0.3 is 12.1 Å². The molecule has 4 nitrogen and oxygen atoms in total. The Morgan fingerprint density at radius 2 is 1.50 bits per heavy atom. The number of ether oxygens (including phenoxy) is 3. The smallest absolute Gasteiger partial charge is 0.398 e. The van der Waals surface area contributed by atoms with Gasteiger partial charge in [0.2, 0.25) is 0 Å². The van der Waals surface area contributed by atoms with Crippen molar-refractivity contribution in [3.63, 3.8) is 0 Å². The molecule has 8 heteroatoms. The summed E-state index contributed by atoms with van der Waals surface area (Å²) in [6, 6.07) is 9.20. The number of carbonyl (C=O) groups excluding carboxylic acids is 1. The van der Waals surface area contributed by atoms with Crippen LogP contribution in [-0.4, -0.2) is 32.0 Å². The highest BCUT2D eigenvalue weighted by Gasteiger charge is 2.71. The highest BCUT2D eigenvalue weighted by molar-refractivity contribution is 5.91. The van der Waals surface area contributed by atoms with Gasteiger partial charge in [0.15, 0.2) is 11.6 Å². The predicted octanol–water partition coefficient (Wildman–Crippen LogP) is 9.20. The highest BCUT2D eigenvalue weighted by atomic mass is 19.4. The molecule has 2 aromatic carbocycles. The van der Waals surface area contributed by atoms with Gasteiger partial charge in [-0.2, -0.15) is 13.2 Å². The van der Waals surface area contributed by atoms with Gasteiger partial charge < -0.3 is 14.2 Å². The van der Waals surface area contributed by atoms with Gasteiger partial charge in [0.1, 0.15) is 5.75 Å². The summed E-state index contributed by atoms with van der Waals surface area (Å²) in [6.07, 6.45) is 6.11. The average molecular weight is 567 g/mol. The normalized spacial score (nSPS) is 18.5. The molecule has 1 aliphatic carbocycles. The summed E-state index contributed by atoms with van der Waals surface area (Å²) in [6.45, 7) is 5.17. The number of unbranched alkanes of at least 4 members (excludes halogenated alkanes) is 8. The van der Waals surface area contributed by atoms with Crippen LogP contribution >= 0.6 is 0 Å². The van der Waals surface area contributed by atoms with Crippen molar-refractivity contribution in [2.45, 2.75) is 96.1 Å². The molecule has 0 heterocycles. The first-order valence-electron chi connectivity index (χ1n) is 14.6. The number of benzene rings is 2. The first kappa shape index (κ1) is 31.9. The molecule has 222 valence electrons. The van der Waals surface area contributed by atoms with Crippen LogP contribution in [0.2, 0.25) is 0 Å². The topological polar surface area (TPSA) is 44.8 Å². The van der Waals surface area contributed by atoms with Crippen molar-refractivity contribution in [1.29, 1.82) is 0 Å². The molecule has 0 aromatic heterocycles. The average Bonchev–Trinajstić information content (AvgIpc) is 3.67. The van der Waals surface area contributed by atoms with E-state index in [0.29, 0.717) is 13.2 Å². The fourth-order valence-corrected chi connectivity index (χ4v) is 5.05. The molecule has 2 atom stereocenters. The van der Waals surface area contributed by atoms with E-state index in [1.807, 2.05) is 0 Å². The Bertz CT molecular complexity index is 1050. The Labute approximate surface area is 235 Å². The van der Waals surface area contributed by atoms with Crippen LogP contribution < -0.4 is 9.47 Å². The Hall–Kier alpha value is -2.61. The molecular formula is C32H42F4O4. The van der Waals surface area contributed by atoms with Gasteiger partial charge in [-0.15, -0.1) is 0 Å². The molecule has 0 bridgehead atoms. The second-order valence-electron chi connectivity index (χ2n) is 10.7. The maximum Gasteiger partial charge on any atom is 0.398 e. The van der Waals surface area contributed by atoms with Crippen molar-refractivity contribution in [2.24, 2.45) is 5.92 Å². The molecule has 0 saturated heterocycles. The number of rotatable bonds is 18. The number of hydrogen-bond donors (Lipinski definition) is 0. The Morgan fingerprint density at radius 1 is 0.875 bits per heavy atom. The van der Waals surface area contributed by atoms with Crippen molar-refractivity contribution < 1.29 is 36.6 Å². The third kappa shape index (κ3) is 8.69. The molecule has 0 N–H and O–H groups in total. The van der Waals surface area contributed by atoms with Crippen LogP contribution in [0.25, 0.3) is 0 Å². The summed E-state index contributed by atoms with van der Waals surface area (Å²) in [5, 5.41) is 0. The summed E-state index contributed by atoms with van der Waals surface area (Å²) in [4.78, 5) is 12.6. The van der Waals surface area contributed by atoms with E-state index in [9.17, 15) is 22.4 Å². The molecule has 1 saturated carbocycles. The standard InChI is InChI=1S/C32H42F4O4/c1-3-5-7-9-10-12-20-39-29-18-17-27(21-28(29)33)40-30(37)24-13-15-25(16-14-24)31(32(34,35)36)22-26(31)23-38-19-11-8-6-4-2/h13-18,21,26H,3-12,19-20,22-23H2,1-2H3. The summed E-state index contributed by atoms with van der Waals surface area (Å²) < 4.78 is 73.1. The minimum atomic E-state index is -4.43. The molecule has 0 amide bonds. The largest absolute Gasteiger partial charge is 0.491 e.